The third kappa shape index (κ3) is 3.70. The molecular formula is C21H19Cl2FN2O3. The maximum absolute atomic E-state index is 14.2. The van der Waals surface area contributed by atoms with E-state index in [1.807, 2.05) is 6.92 Å². The fraction of sp³-hybridized carbons (Fsp3) is 0.238. The van der Waals surface area contributed by atoms with Crippen LogP contribution in [0.25, 0.3) is 10.9 Å². The second-order valence-corrected chi connectivity index (χ2v) is 7.65. The Morgan fingerprint density at radius 2 is 1.90 bits per heavy atom. The molecule has 1 atom stereocenters. The van der Waals surface area contributed by atoms with E-state index < -0.39 is 29.3 Å². The molecule has 0 fully saturated rings. The SMILES string of the molecule is CCCC(C(N)=O)c1c(C)n(C(=O)c2ccc(Cl)c(Cl)c2)c2cc(F)c(O)cc12. The van der Waals surface area contributed by atoms with Gasteiger partial charge < -0.3 is 10.8 Å². The summed E-state index contributed by atoms with van der Waals surface area (Å²) in [6.45, 7) is 3.56. The number of primary amides is 1. The van der Waals surface area contributed by atoms with Crippen molar-refractivity contribution in [3.8, 4) is 5.75 Å². The zero-order chi connectivity index (χ0) is 21.5. The summed E-state index contributed by atoms with van der Waals surface area (Å²) in [7, 11) is 0. The minimum atomic E-state index is -0.879. The number of halogens is 3. The van der Waals surface area contributed by atoms with Gasteiger partial charge in [0.15, 0.2) is 11.6 Å². The van der Waals surface area contributed by atoms with Crippen LogP contribution >= 0.6 is 23.2 Å². The highest BCUT2D eigenvalue weighted by molar-refractivity contribution is 6.42. The molecule has 0 aliphatic heterocycles. The first-order chi connectivity index (χ1) is 13.7. The Morgan fingerprint density at radius 3 is 2.48 bits per heavy atom. The number of hydrogen-bond acceptors (Lipinski definition) is 3. The van der Waals surface area contributed by atoms with Gasteiger partial charge in [-0.2, -0.15) is 0 Å². The van der Waals surface area contributed by atoms with E-state index in [1.165, 1.54) is 28.8 Å². The van der Waals surface area contributed by atoms with Gasteiger partial charge in [0, 0.05) is 22.7 Å². The molecule has 152 valence electrons. The number of nitrogens with two attached hydrogens (primary N) is 1. The average molecular weight is 437 g/mol. The Labute approximate surface area is 176 Å². The molecule has 0 aliphatic rings. The van der Waals surface area contributed by atoms with E-state index in [1.54, 1.807) is 6.92 Å². The minimum Gasteiger partial charge on any atom is -0.505 e. The quantitative estimate of drug-likeness (QED) is 0.578. The van der Waals surface area contributed by atoms with Gasteiger partial charge in [0.2, 0.25) is 5.91 Å². The summed E-state index contributed by atoms with van der Waals surface area (Å²) in [6.07, 6.45) is 1.13. The minimum absolute atomic E-state index is 0.205. The molecule has 0 saturated heterocycles. The standard InChI is InChI=1S/C21H19Cl2FN2O3/c1-3-4-12(20(25)28)19-10(2)26(17-9-16(24)18(27)8-13(17)19)21(29)11-5-6-14(22)15(23)7-11/h5-9,12,27H,3-4H2,1-2H3,(H2,25,28). The van der Waals surface area contributed by atoms with Crippen molar-refractivity contribution >= 4 is 45.9 Å². The van der Waals surface area contributed by atoms with Crippen LogP contribution in [0.2, 0.25) is 10.0 Å². The lowest BCUT2D eigenvalue weighted by atomic mass is 9.91. The fourth-order valence-electron chi connectivity index (χ4n) is 3.63. The highest BCUT2D eigenvalue weighted by atomic mass is 35.5. The normalized spacial score (nSPS) is 12.3. The number of nitrogens with zero attached hydrogens (tertiary/aromatic N) is 1. The molecule has 3 rings (SSSR count). The van der Waals surface area contributed by atoms with Crippen molar-refractivity contribution in [1.29, 1.82) is 0 Å². The summed E-state index contributed by atoms with van der Waals surface area (Å²) >= 11 is 12.0. The van der Waals surface area contributed by atoms with Crippen LogP contribution < -0.4 is 5.73 Å². The molecule has 0 aliphatic carbocycles. The van der Waals surface area contributed by atoms with E-state index in [-0.39, 0.29) is 16.1 Å². The Bertz CT molecular complexity index is 1140. The summed E-state index contributed by atoms with van der Waals surface area (Å²) < 4.78 is 15.5. The summed E-state index contributed by atoms with van der Waals surface area (Å²) in [4.78, 5) is 25.4. The van der Waals surface area contributed by atoms with Crippen molar-refractivity contribution in [2.75, 3.05) is 0 Å². The van der Waals surface area contributed by atoms with Crippen molar-refractivity contribution in [3.63, 3.8) is 0 Å². The van der Waals surface area contributed by atoms with Gasteiger partial charge in [-0.3, -0.25) is 14.2 Å². The zero-order valence-corrected chi connectivity index (χ0v) is 17.3. The van der Waals surface area contributed by atoms with Crippen molar-refractivity contribution < 1.29 is 19.1 Å². The van der Waals surface area contributed by atoms with Crippen LogP contribution in [0, 0.1) is 12.7 Å². The van der Waals surface area contributed by atoms with E-state index in [4.69, 9.17) is 28.9 Å². The Kier molecular flexibility index (Phi) is 5.87. The second-order valence-electron chi connectivity index (χ2n) is 6.83. The van der Waals surface area contributed by atoms with Gasteiger partial charge in [-0.15, -0.1) is 0 Å². The average Bonchev–Trinajstić information content (AvgIpc) is 2.92. The van der Waals surface area contributed by atoms with Crippen LogP contribution in [0.3, 0.4) is 0 Å². The van der Waals surface area contributed by atoms with E-state index in [0.717, 1.165) is 6.07 Å². The Hall–Kier alpha value is -2.57. The monoisotopic (exact) mass is 436 g/mol. The molecule has 2 aromatic carbocycles. The first-order valence-corrected chi connectivity index (χ1v) is 9.75. The maximum atomic E-state index is 14.2. The molecule has 3 N–H and O–H groups in total. The number of rotatable bonds is 5. The van der Waals surface area contributed by atoms with Crippen molar-refractivity contribution in [2.45, 2.75) is 32.6 Å². The number of phenolic OH excluding ortho intramolecular Hbond substituents is 1. The topological polar surface area (TPSA) is 85.3 Å². The highest BCUT2D eigenvalue weighted by Crippen LogP contribution is 2.37. The maximum Gasteiger partial charge on any atom is 0.262 e. The van der Waals surface area contributed by atoms with Crippen LogP contribution in [0.1, 0.15) is 47.3 Å². The molecule has 8 heteroatoms. The van der Waals surface area contributed by atoms with Crippen LogP contribution in [0.5, 0.6) is 5.75 Å². The lowest BCUT2D eigenvalue weighted by Crippen LogP contribution is -2.22. The third-order valence-electron chi connectivity index (χ3n) is 4.96. The lowest BCUT2D eigenvalue weighted by Gasteiger charge is -2.14. The largest absolute Gasteiger partial charge is 0.505 e. The third-order valence-corrected chi connectivity index (χ3v) is 5.70. The Morgan fingerprint density at radius 1 is 1.21 bits per heavy atom. The van der Waals surface area contributed by atoms with Gasteiger partial charge in [-0.1, -0.05) is 36.5 Å². The number of aromatic nitrogens is 1. The number of fused-ring (bicyclic) bond motifs is 1. The first-order valence-electron chi connectivity index (χ1n) is 8.99. The molecule has 1 aromatic heterocycles. The molecule has 1 amide bonds. The number of benzene rings is 2. The van der Waals surface area contributed by atoms with E-state index >= 15 is 0 Å². The number of aromatic hydroxyl groups is 1. The molecule has 29 heavy (non-hydrogen) atoms. The number of amides is 1. The molecule has 0 radical (unpaired) electrons. The van der Waals surface area contributed by atoms with Crippen LogP contribution in [-0.2, 0) is 4.79 Å². The van der Waals surface area contributed by atoms with Gasteiger partial charge in [0.1, 0.15) is 0 Å². The first kappa shape index (κ1) is 21.1. The molecule has 3 aromatic rings. The van der Waals surface area contributed by atoms with Crippen LogP contribution in [-0.4, -0.2) is 21.5 Å². The van der Waals surface area contributed by atoms with Gasteiger partial charge in [-0.25, -0.2) is 4.39 Å². The van der Waals surface area contributed by atoms with Gasteiger partial charge in [-0.05, 0) is 43.2 Å². The fourth-order valence-corrected chi connectivity index (χ4v) is 3.92. The van der Waals surface area contributed by atoms with Crippen molar-refractivity contribution in [2.24, 2.45) is 5.73 Å². The Balaban J connectivity index is 2.33. The lowest BCUT2D eigenvalue weighted by molar-refractivity contribution is -0.119. The number of phenols is 1. The van der Waals surface area contributed by atoms with Gasteiger partial charge in [0.25, 0.3) is 5.91 Å². The van der Waals surface area contributed by atoms with Gasteiger partial charge in [0.05, 0.1) is 21.5 Å². The summed E-state index contributed by atoms with van der Waals surface area (Å²) in [5.74, 6) is -3.16. The van der Waals surface area contributed by atoms with E-state index in [0.29, 0.717) is 34.5 Å². The van der Waals surface area contributed by atoms with E-state index in [9.17, 15) is 19.1 Å². The zero-order valence-electron chi connectivity index (χ0n) is 15.8. The van der Waals surface area contributed by atoms with Crippen molar-refractivity contribution in [3.05, 3.63) is 63.0 Å². The molecule has 0 saturated carbocycles. The van der Waals surface area contributed by atoms with Crippen LogP contribution in [0.4, 0.5) is 4.39 Å². The van der Waals surface area contributed by atoms with Crippen LogP contribution in [0.15, 0.2) is 30.3 Å². The summed E-state index contributed by atoms with van der Waals surface area (Å²) in [5, 5.41) is 10.8. The number of hydrogen-bond donors (Lipinski definition) is 2. The molecular weight excluding hydrogens is 418 g/mol. The van der Waals surface area contributed by atoms with Crippen molar-refractivity contribution in [1.82, 2.24) is 4.57 Å². The van der Waals surface area contributed by atoms with Gasteiger partial charge >= 0.3 is 0 Å². The highest BCUT2D eigenvalue weighted by Gasteiger charge is 2.29. The smallest absolute Gasteiger partial charge is 0.262 e. The molecule has 0 bridgehead atoms. The molecule has 0 spiro atoms. The predicted molar refractivity (Wildman–Crippen MR) is 111 cm³/mol. The molecule has 1 unspecified atom stereocenters. The predicted octanol–water partition coefficient (Wildman–Crippen LogP) is 5.16. The molecule has 1 heterocycles. The number of carbonyl (C=O) groups excluding carboxylic acids is 2. The summed E-state index contributed by atoms with van der Waals surface area (Å²) in [6, 6.07) is 6.72. The summed E-state index contributed by atoms with van der Waals surface area (Å²) in [5.41, 5.74) is 7.02. The second kappa shape index (κ2) is 8.05. The van der Waals surface area contributed by atoms with E-state index in [2.05, 4.69) is 0 Å². The number of carbonyl (C=O) groups is 2. The molecule has 5 nitrogen and oxygen atoms in total.